The molecule has 0 unspecified atom stereocenters. The Hall–Kier alpha value is -3.29. The first-order chi connectivity index (χ1) is 13.9. The zero-order valence-electron chi connectivity index (χ0n) is 17.2. The number of nitro groups is 1. The summed E-state index contributed by atoms with van der Waals surface area (Å²) < 4.78 is 19.6. The first-order valence-corrected chi connectivity index (χ1v) is 9.49. The maximum absolute atomic E-state index is 14.2. The molecule has 0 bridgehead atoms. The lowest BCUT2D eigenvalue weighted by molar-refractivity contribution is -0.484. The number of imide groups is 1. The smallest absolute Gasteiger partial charge is 0.421 e. The Morgan fingerprint density at radius 1 is 1.23 bits per heavy atom. The first kappa shape index (κ1) is 21.4. The molecular weight excluding hydrogens is 391 g/mol. The van der Waals surface area contributed by atoms with E-state index in [4.69, 9.17) is 4.74 Å². The van der Waals surface area contributed by atoms with Crippen LogP contribution < -0.4 is 4.90 Å². The Balaban J connectivity index is 2.20. The number of amides is 2. The van der Waals surface area contributed by atoms with Crippen molar-refractivity contribution >= 4 is 17.7 Å². The van der Waals surface area contributed by atoms with E-state index < -0.39 is 46.2 Å². The molecule has 3 rings (SSSR count). The van der Waals surface area contributed by atoms with Crippen LogP contribution in [0.4, 0.5) is 14.9 Å². The first-order valence-electron chi connectivity index (χ1n) is 9.49. The summed E-state index contributed by atoms with van der Waals surface area (Å²) in [5.74, 6) is -2.21. The van der Waals surface area contributed by atoms with Crippen LogP contribution in [0.1, 0.15) is 44.7 Å². The van der Waals surface area contributed by atoms with E-state index in [2.05, 4.69) is 0 Å². The molecule has 0 saturated heterocycles. The van der Waals surface area contributed by atoms with E-state index in [0.29, 0.717) is 5.56 Å². The lowest BCUT2D eigenvalue weighted by Crippen LogP contribution is -2.47. The van der Waals surface area contributed by atoms with E-state index in [1.54, 1.807) is 51.1 Å². The molecule has 2 atom stereocenters. The molecule has 8 heteroatoms. The lowest BCUT2D eigenvalue weighted by atomic mass is 9.69. The highest BCUT2D eigenvalue weighted by Crippen LogP contribution is 2.50. The molecule has 0 fully saturated rings. The number of benzene rings is 2. The number of hydrogen-bond donors (Lipinski definition) is 0. The summed E-state index contributed by atoms with van der Waals surface area (Å²) in [6.07, 6.45) is -0.906. The molecule has 0 spiro atoms. The van der Waals surface area contributed by atoms with E-state index in [1.807, 2.05) is 0 Å². The summed E-state index contributed by atoms with van der Waals surface area (Å²) in [5, 5.41) is 11.5. The number of anilines is 1. The number of hydrogen-bond acceptors (Lipinski definition) is 5. The summed E-state index contributed by atoms with van der Waals surface area (Å²) in [6, 6.07) is 12.2. The van der Waals surface area contributed by atoms with Gasteiger partial charge in [-0.2, -0.15) is 0 Å². The van der Waals surface area contributed by atoms with Crippen molar-refractivity contribution in [2.75, 3.05) is 11.4 Å². The van der Waals surface area contributed by atoms with Gasteiger partial charge in [0.1, 0.15) is 11.4 Å². The van der Waals surface area contributed by atoms with Crippen molar-refractivity contribution in [1.29, 1.82) is 0 Å². The molecule has 2 aromatic carbocycles. The quantitative estimate of drug-likeness (QED) is 0.545. The molecule has 0 aromatic heterocycles. The Kier molecular flexibility index (Phi) is 5.36. The fourth-order valence-corrected chi connectivity index (χ4v) is 3.86. The topological polar surface area (TPSA) is 89.8 Å². The van der Waals surface area contributed by atoms with Gasteiger partial charge in [-0.25, -0.2) is 14.1 Å². The Morgan fingerprint density at radius 2 is 1.87 bits per heavy atom. The number of ether oxygens (including phenoxy) is 1. The fraction of sp³-hybridized carbons (Fsp3) is 0.364. The summed E-state index contributed by atoms with van der Waals surface area (Å²) in [7, 11) is 0. The molecule has 2 aromatic rings. The highest BCUT2D eigenvalue weighted by molar-refractivity contribution is 6.21. The third-order valence-electron chi connectivity index (χ3n) is 5.21. The van der Waals surface area contributed by atoms with Gasteiger partial charge in [0.25, 0.3) is 0 Å². The van der Waals surface area contributed by atoms with Crippen LogP contribution >= 0.6 is 0 Å². The predicted octanol–water partition coefficient (Wildman–Crippen LogP) is 4.43. The molecule has 0 aliphatic carbocycles. The molecule has 0 N–H and O–H groups in total. The van der Waals surface area contributed by atoms with Crippen molar-refractivity contribution in [3.8, 4) is 0 Å². The molecule has 1 aliphatic heterocycles. The summed E-state index contributed by atoms with van der Waals surface area (Å²) in [4.78, 5) is 38.3. The number of carbonyl (C=O) groups is 2. The summed E-state index contributed by atoms with van der Waals surface area (Å²) >= 11 is 0. The number of fused-ring (bicyclic) bond motifs is 1. The van der Waals surface area contributed by atoms with Crippen LogP contribution in [0, 0.1) is 15.9 Å². The van der Waals surface area contributed by atoms with Gasteiger partial charge in [-0.3, -0.25) is 14.9 Å². The van der Waals surface area contributed by atoms with Crippen LogP contribution in [0.5, 0.6) is 0 Å². The zero-order valence-corrected chi connectivity index (χ0v) is 17.2. The molecule has 0 radical (unpaired) electrons. The largest absolute Gasteiger partial charge is 0.443 e. The zero-order chi connectivity index (χ0) is 22.3. The maximum atomic E-state index is 14.2. The summed E-state index contributed by atoms with van der Waals surface area (Å²) in [6.45, 7) is 5.94. The van der Waals surface area contributed by atoms with Crippen LogP contribution in [0.25, 0.3) is 0 Å². The highest BCUT2D eigenvalue weighted by Gasteiger charge is 2.56. The number of rotatable bonds is 4. The molecule has 1 heterocycles. The van der Waals surface area contributed by atoms with Crippen molar-refractivity contribution in [2.45, 2.75) is 44.6 Å². The van der Waals surface area contributed by atoms with E-state index in [0.717, 1.165) is 17.0 Å². The minimum Gasteiger partial charge on any atom is -0.443 e. The molecule has 1 aliphatic rings. The van der Waals surface area contributed by atoms with Crippen LogP contribution in [0.15, 0.2) is 48.5 Å². The lowest BCUT2D eigenvalue weighted by Gasteiger charge is -2.31. The van der Waals surface area contributed by atoms with Crippen molar-refractivity contribution in [3.05, 3.63) is 75.6 Å². The SMILES string of the molecule is CC(C)(C)OC(=O)N1C(=O)[C@](C)([C@@H](C[N+](=O)[O-])c2ccccc2)c2cc(F)ccc21. The van der Waals surface area contributed by atoms with E-state index >= 15 is 0 Å². The minimum atomic E-state index is -1.54. The number of halogens is 1. The number of carbonyl (C=O) groups excluding carboxylic acids is 2. The van der Waals surface area contributed by atoms with Crippen LogP contribution in [0.3, 0.4) is 0 Å². The van der Waals surface area contributed by atoms with Crippen molar-refractivity contribution in [2.24, 2.45) is 0 Å². The van der Waals surface area contributed by atoms with Crippen LogP contribution in [-0.2, 0) is 14.9 Å². The van der Waals surface area contributed by atoms with Gasteiger partial charge in [-0.1, -0.05) is 30.3 Å². The Bertz CT molecular complexity index is 1000. The van der Waals surface area contributed by atoms with Gasteiger partial charge in [-0.05, 0) is 57.0 Å². The average molecular weight is 414 g/mol. The number of nitrogens with zero attached hydrogens (tertiary/aromatic N) is 2. The monoisotopic (exact) mass is 414 g/mol. The second kappa shape index (κ2) is 7.51. The molecule has 30 heavy (non-hydrogen) atoms. The Morgan fingerprint density at radius 3 is 2.43 bits per heavy atom. The third-order valence-corrected chi connectivity index (χ3v) is 5.21. The van der Waals surface area contributed by atoms with Crippen molar-refractivity contribution in [1.82, 2.24) is 0 Å². The predicted molar refractivity (Wildman–Crippen MR) is 109 cm³/mol. The second-order valence-corrected chi connectivity index (χ2v) is 8.46. The highest BCUT2D eigenvalue weighted by atomic mass is 19.1. The average Bonchev–Trinajstić information content (AvgIpc) is 2.87. The normalized spacial score (nSPS) is 19.4. The molecule has 2 amide bonds. The maximum Gasteiger partial charge on any atom is 0.421 e. The van der Waals surface area contributed by atoms with E-state index in [-0.39, 0.29) is 11.3 Å². The van der Waals surface area contributed by atoms with E-state index in [9.17, 15) is 24.1 Å². The van der Waals surface area contributed by atoms with Gasteiger partial charge in [0.05, 0.1) is 17.0 Å². The van der Waals surface area contributed by atoms with Crippen molar-refractivity contribution in [3.63, 3.8) is 0 Å². The molecule has 0 saturated carbocycles. The van der Waals surface area contributed by atoms with Crippen LogP contribution in [0.2, 0.25) is 0 Å². The van der Waals surface area contributed by atoms with Gasteiger partial charge in [0.15, 0.2) is 0 Å². The Labute approximate surface area is 173 Å². The van der Waals surface area contributed by atoms with Crippen LogP contribution in [-0.4, -0.2) is 29.1 Å². The molecular formula is C22H23FN2O5. The standard InChI is InChI=1S/C22H23FN2O5/c1-21(2,3)30-20(27)25-18-11-10-15(23)12-16(18)22(4,19(25)26)17(13-24(28)29)14-8-6-5-7-9-14/h5-12,17H,13H2,1-4H3/t17-,22-/m0/s1. The van der Waals surface area contributed by atoms with Gasteiger partial charge in [0.2, 0.25) is 12.5 Å². The minimum absolute atomic E-state index is 0.169. The van der Waals surface area contributed by atoms with Gasteiger partial charge >= 0.3 is 6.09 Å². The fourth-order valence-electron chi connectivity index (χ4n) is 3.86. The van der Waals surface area contributed by atoms with Gasteiger partial charge < -0.3 is 4.74 Å². The van der Waals surface area contributed by atoms with Crippen molar-refractivity contribution < 1.29 is 23.6 Å². The second-order valence-electron chi connectivity index (χ2n) is 8.46. The molecule has 7 nitrogen and oxygen atoms in total. The third kappa shape index (κ3) is 3.77. The molecule has 158 valence electrons. The van der Waals surface area contributed by atoms with Gasteiger partial charge in [0, 0.05) is 4.92 Å². The summed E-state index contributed by atoms with van der Waals surface area (Å²) in [5.41, 5.74) is -1.47. The van der Waals surface area contributed by atoms with E-state index in [1.165, 1.54) is 13.0 Å². The van der Waals surface area contributed by atoms with Gasteiger partial charge in [-0.15, -0.1) is 0 Å².